The monoisotopic (exact) mass is 492 g/mol. The number of pyridine rings is 1. The average molecular weight is 493 g/mol. The van der Waals surface area contributed by atoms with Gasteiger partial charge in [-0.15, -0.1) is 0 Å². The summed E-state index contributed by atoms with van der Waals surface area (Å²) in [6.45, 7) is 5.42. The fourth-order valence-electron chi connectivity index (χ4n) is 2.97. The van der Waals surface area contributed by atoms with Gasteiger partial charge in [0.1, 0.15) is 0 Å². The van der Waals surface area contributed by atoms with E-state index in [1.165, 1.54) is 34.1 Å². The van der Waals surface area contributed by atoms with E-state index in [0.717, 1.165) is 12.1 Å². The number of carbonyl (C=O) groups excluding carboxylic acids is 1. The number of carbonyl (C=O) groups is 1. The van der Waals surface area contributed by atoms with Crippen LogP contribution in [-0.4, -0.2) is 52.0 Å². The van der Waals surface area contributed by atoms with E-state index in [1.807, 2.05) is 0 Å². The van der Waals surface area contributed by atoms with Crippen LogP contribution in [-0.2, 0) is 17.5 Å². The SMILES string of the molecule is C=N/C(=N\N(C)Cc1cc(C(=O)OCC)n(-c2ncccc2Cl)n1)c1ccc(C(F)(F)F)cc1. The van der Waals surface area contributed by atoms with Gasteiger partial charge in [0.2, 0.25) is 0 Å². The molecule has 0 atom stereocenters. The number of halogens is 4. The van der Waals surface area contributed by atoms with Crippen LogP contribution >= 0.6 is 11.6 Å². The van der Waals surface area contributed by atoms with Gasteiger partial charge < -0.3 is 4.74 Å². The Morgan fingerprint density at radius 2 is 1.97 bits per heavy atom. The van der Waals surface area contributed by atoms with E-state index in [4.69, 9.17) is 16.3 Å². The van der Waals surface area contributed by atoms with Crippen LogP contribution in [0.1, 0.15) is 34.2 Å². The van der Waals surface area contributed by atoms with Gasteiger partial charge in [-0.2, -0.15) is 23.4 Å². The summed E-state index contributed by atoms with van der Waals surface area (Å²) in [5.41, 5.74) is 0.137. The van der Waals surface area contributed by atoms with Crippen LogP contribution in [0, 0.1) is 0 Å². The molecule has 12 heteroatoms. The van der Waals surface area contributed by atoms with Crippen LogP contribution in [0.2, 0.25) is 5.02 Å². The van der Waals surface area contributed by atoms with Crippen LogP contribution < -0.4 is 0 Å². The quantitative estimate of drug-likeness (QED) is 0.208. The molecule has 0 aliphatic carbocycles. The van der Waals surface area contributed by atoms with Crippen molar-refractivity contribution >= 4 is 30.1 Å². The van der Waals surface area contributed by atoms with E-state index in [-0.39, 0.29) is 35.5 Å². The first-order chi connectivity index (χ1) is 16.1. The maximum absolute atomic E-state index is 12.8. The Kier molecular flexibility index (Phi) is 7.67. The number of aliphatic imine (C=N–C) groups is 1. The lowest BCUT2D eigenvalue weighted by molar-refractivity contribution is -0.137. The molecular weight excluding hydrogens is 473 g/mol. The Labute approximate surface area is 198 Å². The van der Waals surface area contributed by atoms with E-state index in [0.29, 0.717) is 11.3 Å². The Morgan fingerprint density at radius 3 is 2.56 bits per heavy atom. The highest BCUT2D eigenvalue weighted by Gasteiger charge is 2.30. The molecule has 8 nitrogen and oxygen atoms in total. The summed E-state index contributed by atoms with van der Waals surface area (Å²) in [5.74, 6) is -0.232. The molecule has 2 heterocycles. The summed E-state index contributed by atoms with van der Waals surface area (Å²) in [6.07, 6.45) is -2.93. The van der Waals surface area contributed by atoms with Gasteiger partial charge in [0.25, 0.3) is 0 Å². The van der Waals surface area contributed by atoms with Crippen molar-refractivity contribution in [3.8, 4) is 5.82 Å². The standard InChI is InChI=1S/C22H20ClF3N6O2/c1-4-34-21(33)18-12-16(29-32(18)20-17(23)6-5-11-28-20)13-31(3)30-19(27-2)14-7-9-15(10-8-14)22(24,25)26/h5-12H,2,4,13H2,1,3H3/b30-19-. The molecule has 0 spiro atoms. The summed E-state index contributed by atoms with van der Waals surface area (Å²) < 4.78 is 44.8. The Bertz CT molecular complexity index is 1210. The number of esters is 1. The molecule has 0 radical (unpaired) electrons. The third kappa shape index (κ3) is 5.79. The van der Waals surface area contributed by atoms with E-state index in [1.54, 1.807) is 26.1 Å². The molecular formula is C22H20ClF3N6O2. The minimum atomic E-state index is -4.44. The predicted molar refractivity (Wildman–Crippen MR) is 121 cm³/mol. The van der Waals surface area contributed by atoms with Gasteiger partial charge in [-0.3, -0.25) is 5.01 Å². The van der Waals surface area contributed by atoms with Crippen molar-refractivity contribution in [2.24, 2.45) is 10.1 Å². The summed E-state index contributed by atoms with van der Waals surface area (Å²) >= 11 is 6.22. The van der Waals surface area contributed by atoms with Gasteiger partial charge in [-0.1, -0.05) is 23.7 Å². The number of hydrogen-bond donors (Lipinski definition) is 0. The van der Waals surface area contributed by atoms with Crippen molar-refractivity contribution in [1.29, 1.82) is 0 Å². The number of hydrogen-bond acceptors (Lipinski definition) is 6. The molecule has 34 heavy (non-hydrogen) atoms. The molecule has 0 unspecified atom stereocenters. The summed E-state index contributed by atoms with van der Waals surface area (Å²) in [6, 6.07) is 9.20. The molecule has 0 aliphatic rings. The summed E-state index contributed by atoms with van der Waals surface area (Å²) in [4.78, 5) is 20.5. The number of nitrogens with zero attached hydrogens (tertiary/aromatic N) is 6. The maximum Gasteiger partial charge on any atom is 0.416 e. The van der Waals surface area contributed by atoms with Crippen LogP contribution in [0.4, 0.5) is 13.2 Å². The minimum Gasteiger partial charge on any atom is -0.461 e. The van der Waals surface area contributed by atoms with Crippen molar-refractivity contribution in [3.05, 3.63) is 76.2 Å². The number of aromatic nitrogens is 3. The number of ether oxygens (including phenoxy) is 1. The van der Waals surface area contributed by atoms with Gasteiger partial charge in [0, 0.05) is 18.8 Å². The Morgan fingerprint density at radius 1 is 1.26 bits per heavy atom. The molecule has 0 saturated carbocycles. The Hall–Kier alpha value is -3.73. The Balaban J connectivity index is 1.88. The zero-order valence-electron chi connectivity index (χ0n) is 18.3. The van der Waals surface area contributed by atoms with Crippen LogP contribution in [0.3, 0.4) is 0 Å². The van der Waals surface area contributed by atoms with Gasteiger partial charge in [0.05, 0.1) is 29.4 Å². The number of hydrazone groups is 1. The molecule has 0 saturated heterocycles. The van der Waals surface area contributed by atoms with E-state index >= 15 is 0 Å². The second-order valence-corrected chi connectivity index (χ2v) is 7.34. The lowest BCUT2D eigenvalue weighted by atomic mass is 10.1. The van der Waals surface area contributed by atoms with E-state index in [9.17, 15) is 18.0 Å². The molecule has 178 valence electrons. The van der Waals surface area contributed by atoms with Gasteiger partial charge in [0.15, 0.2) is 17.3 Å². The normalized spacial score (nSPS) is 11.9. The first kappa shape index (κ1) is 24.9. The topological polar surface area (TPSA) is 85.0 Å². The smallest absolute Gasteiger partial charge is 0.416 e. The molecule has 0 N–H and O–H groups in total. The second kappa shape index (κ2) is 10.5. The highest BCUT2D eigenvalue weighted by Crippen LogP contribution is 2.29. The third-order valence-electron chi connectivity index (χ3n) is 4.46. The largest absolute Gasteiger partial charge is 0.461 e. The van der Waals surface area contributed by atoms with E-state index < -0.39 is 17.7 Å². The third-order valence-corrected chi connectivity index (χ3v) is 4.76. The molecule has 0 amide bonds. The first-order valence-corrected chi connectivity index (χ1v) is 10.3. The highest BCUT2D eigenvalue weighted by molar-refractivity contribution is 6.32. The lowest BCUT2D eigenvalue weighted by Gasteiger charge is -2.13. The highest BCUT2D eigenvalue weighted by atomic mass is 35.5. The fraction of sp³-hybridized carbons (Fsp3) is 0.227. The fourth-order valence-corrected chi connectivity index (χ4v) is 3.17. The molecule has 3 rings (SSSR count). The van der Waals surface area contributed by atoms with Crippen LogP contribution in [0.15, 0.2) is 58.8 Å². The van der Waals surface area contributed by atoms with Gasteiger partial charge in [-0.25, -0.2) is 19.5 Å². The second-order valence-electron chi connectivity index (χ2n) is 6.93. The molecule has 0 fully saturated rings. The van der Waals surface area contributed by atoms with Crippen molar-refractivity contribution < 1.29 is 22.7 Å². The van der Waals surface area contributed by atoms with Crippen molar-refractivity contribution in [1.82, 2.24) is 19.8 Å². The predicted octanol–water partition coefficient (Wildman–Crippen LogP) is 4.61. The summed E-state index contributed by atoms with van der Waals surface area (Å²) in [5, 5.41) is 10.5. The van der Waals surface area contributed by atoms with Crippen molar-refractivity contribution in [2.45, 2.75) is 19.6 Å². The number of benzene rings is 1. The maximum atomic E-state index is 12.8. The average Bonchev–Trinajstić information content (AvgIpc) is 3.21. The number of alkyl halides is 3. The molecule has 2 aromatic heterocycles. The van der Waals surface area contributed by atoms with Gasteiger partial charge in [-0.05, 0) is 44.0 Å². The molecule has 3 aromatic rings. The first-order valence-electron chi connectivity index (χ1n) is 9.95. The molecule has 0 bridgehead atoms. The minimum absolute atomic E-state index is 0.119. The summed E-state index contributed by atoms with van der Waals surface area (Å²) in [7, 11) is 1.62. The zero-order valence-corrected chi connectivity index (χ0v) is 19.0. The van der Waals surface area contributed by atoms with Gasteiger partial charge >= 0.3 is 12.1 Å². The van der Waals surface area contributed by atoms with Crippen LogP contribution in [0.25, 0.3) is 5.82 Å². The molecule has 1 aromatic carbocycles. The molecule has 0 aliphatic heterocycles. The van der Waals surface area contributed by atoms with Crippen molar-refractivity contribution in [2.75, 3.05) is 13.7 Å². The lowest BCUT2D eigenvalue weighted by Crippen LogP contribution is -2.15. The zero-order chi connectivity index (χ0) is 24.9. The van der Waals surface area contributed by atoms with E-state index in [2.05, 4.69) is 26.9 Å². The van der Waals surface area contributed by atoms with Crippen molar-refractivity contribution in [3.63, 3.8) is 0 Å². The van der Waals surface area contributed by atoms with Crippen LogP contribution in [0.5, 0.6) is 0 Å². The number of amidine groups is 1. The number of rotatable bonds is 7.